The molecule has 6 heteroatoms. The highest BCUT2D eigenvalue weighted by Gasteiger charge is 2.25. The van der Waals surface area contributed by atoms with Crippen LogP contribution in [0, 0.1) is 0 Å². The van der Waals surface area contributed by atoms with Crippen LogP contribution in [-0.4, -0.2) is 9.55 Å². The van der Waals surface area contributed by atoms with Crippen molar-refractivity contribution in [3.63, 3.8) is 0 Å². The predicted octanol–water partition coefficient (Wildman–Crippen LogP) is 2.61. The van der Waals surface area contributed by atoms with Crippen molar-refractivity contribution in [1.29, 1.82) is 0 Å². The van der Waals surface area contributed by atoms with E-state index in [0.717, 1.165) is 12.8 Å². The molecule has 1 fully saturated rings. The van der Waals surface area contributed by atoms with Crippen LogP contribution in [0.15, 0.2) is 35.4 Å². The summed E-state index contributed by atoms with van der Waals surface area (Å²) in [5, 5.41) is 0.386. The van der Waals surface area contributed by atoms with E-state index in [2.05, 4.69) is 4.98 Å². The second-order valence-corrected chi connectivity index (χ2v) is 4.88. The lowest BCUT2D eigenvalue weighted by atomic mass is 10.3. The van der Waals surface area contributed by atoms with E-state index >= 15 is 0 Å². The summed E-state index contributed by atoms with van der Waals surface area (Å²) in [6.45, 7) is 0. The number of aromatic nitrogens is 2. The minimum atomic E-state index is -0.247. The molecule has 19 heavy (non-hydrogen) atoms. The van der Waals surface area contributed by atoms with E-state index in [0.29, 0.717) is 16.5 Å². The quantitative estimate of drug-likeness (QED) is 0.876. The maximum absolute atomic E-state index is 12.2. The molecule has 1 aromatic heterocycles. The van der Waals surface area contributed by atoms with E-state index in [1.165, 1.54) is 0 Å². The monoisotopic (exact) mass is 277 g/mol. The molecule has 1 aliphatic carbocycles. The van der Waals surface area contributed by atoms with E-state index in [1.54, 1.807) is 35.2 Å². The molecular weight excluding hydrogens is 266 g/mol. The Morgan fingerprint density at radius 1 is 1.42 bits per heavy atom. The number of hydrogen-bond acceptors (Lipinski definition) is 4. The highest BCUT2D eigenvalue weighted by Crippen LogP contribution is 2.34. The summed E-state index contributed by atoms with van der Waals surface area (Å²) in [6.07, 6.45) is 5.26. The molecule has 0 atom stereocenters. The van der Waals surface area contributed by atoms with Crippen molar-refractivity contribution in [2.24, 2.45) is 0 Å². The van der Waals surface area contributed by atoms with Crippen molar-refractivity contribution in [1.82, 2.24) is 9.55 Å². The van der Waals surface area contributed by atoms with Crippen molar-refractivity contribution in [2.45, 2.75) is 18.9 Å². The molecule has 0 spiro atoms. The Labute approximate surface area is 114 Å². The van der Waals surface area contributed by atoms with Crippen LogP contribution in [0.4, 0.5) is 5.69 Å². The number of anilines is 1. The van der Waals surface area contributed by atoms with Gasteiger partial charge < -0.3 is 15.0 Å². The average Bonchev–Trinajstić information content (AvgIpc) is 3.20. The van der Waals surface area contributed by atoms with Crippen LogP contribution >= 0.6 is 11.6 Å². The molecule has 1 aromatic carbocycles. The van der Waals surface area contributed by atoms with E-state index in [-0.39, 0.29) is 17.5 Å². The number of benzene rings is 1. The zero-order valence-corrected chi connectivity index (χ0v) is 10.8. The summed E-state index contributed by atoms with van der Waals surface area (Å²) in [5.74, 6) is 0.349. The molecule has 0 bridgehead atoms. The van der Waals surface area contributed by atoms with Gasteiger partial charge in [-0.3, -0.25) is 4.79 Å². The van der Waals surface area contributed by atoms with Gasteiger partial charge in [0.25, 0.3) is 5.88 Å². The van der Waals surface area contributed by atoms with E-state index in [9.17, 15) is 4.79 Å². The molecule has 0 saturated heterocycles. The van der Waals surface area contributed by atoms with Gasteiger partial charge in [0.15, 0.2) is 0 Å². The largest absolute Gasteiger partial charge is 0.433 e. The molecule has 3 rings (SSSR count). The lowest BCUT2D eigenvalue weighted by Crippen LogP contribution is -2.20. The fourth-order valence-corrected chi connectivity index (χ4v) is 1.97. The van der Waals surface area contributed by atoms with Gasteiger partial charge in [-0.15, -0.1) is 0 Å². The van der Waals surface area contributed by atoms with Crippen LogP contribution in [0.5, 0.6) is 11.6 Å². The zero-order valence-electron chi connectivity index (χ0n) is 10.0. The Morgan fingerprint density at radius 3 is 2.95 bits per heavy atom. The van der Waals surface area contributed by atoms with Gasteiger partial charge in [0, 0.05) is 30.2 Å². The van der Waals surface area contributed by atoms with Crippen LogP contribution in [0.25, 0.3) is 0 Å². The molecule has 1 saturated carbocycles. The average molecular weight is 278 g/mol. The number of hydrogen-bond donors (Lipinski definition) is 1. The van der Waals surface area contributed by atoms with Crippen molar-refractivity contribution < 1.29 is 4.74 Å². The summed E-state index contributed by atoms with van der Waals surface area (Å²) in [6, 6.07) is 5.12. The highest BCUT2D eigenvalue weighted by atomic mass is 35.5. The Bertz CT molecular complexity index is 680. The van der Waals surface area contributed by atoms with Crippen LogP contribution in [0.1, 0.15) is 18.9 Å². The number of nitrogens with two attached hydrogens (primary N) is 1. The molecule has 98 valence electrons. The third-order valence-corrected chi connectivity index (χ3v) is 3.25. The first-order valence-corrected chi connectivity index (χ1v) is 6.33. The summed E-state index contributed by atoms with van der Waals surface area (Å²) in [5.41, 5.74) is 5.93. The second-order valence-electron chi connectivity index (χ2n) is 4.47. The lowest BCUT2D eigenvalue weighted by molar-refractivity contribution is 0.445. The SMILES string of the molecule is Nc1ccc(Cl)c(Oc2nccn(C3CC3)c2=O)c1. The smallest absolute Gasteiger partial charge is 0.313 e. The van der Waals surface area contributed by atoms with Gasteiger partial charge in [-0.05, 0) is 25.0 Å². The van der Waals surface area contributed by atoms with Gasteiger partial charge in [0.1, 0.15) is 5.75 Å². The van der Waals surface area contributed by atoms with Crippen molar-refractivity contribution in [3.8, 4) is 11.6 Å². The Kier molecular flexibility index (Phi) is 2.91. The molecule has 2 aromatic rings. The normalized spacial score (nSPS) is 14.4. The fraction of sp³-hybridized carbons (Fsp3) is 0.231. The Morgan fingerprint density at radius 2 is 2.21 bits per heavy atom. The zero-order chi connectivity index (χ0) is 13.4. The molecule has 5 nitrogen and oxygen atoms in total. The molecule has 1 aliphatic rings. The maximum atomic E-state index is 12.2. The van der Waals surface area contributed by atoms with Gasteiger partial charge in [-0.2, -0.15) is 0 Å². The third-order valence-electron chi connectivity index (χ3n) is 2.94. The lowest BCUT2D eigenvalue weighted by Gasteiger charge is -2.09. The van der Waals surface area contributed by atoms with Gasteiger partial charge >= 0.3 is 5.56 Å². The van der Waals surface area contributed by atoms with Crippen LogP contribution in [0.2, 0.25) is 5.02 Å². The number of nitrogens with zero attached hydrogens (tertiary/aromatic N) is 2. The van der Waals surface area contributed by atoms with Gasteiger partial charge in [-0.25, -0.2) is 4.98 Å². The summed E-state index contributed by atoms with van der Waals surface area (Å²) < 4.78 is 7.12. The van der Waals surface area contributed by atoms with E-state index in [1.807, 2.05) is 0 Å². The first-order valence-electron chi connectivity index (χ1n) is 5.95. The standard InChI is InChI=1S/C13H12ClN3O2/c14-10-4-1-8(15)7-11(10)19-12-13(18)17(6-5-16-12)9-2-3-9/h1,4-7,9H,2-3,15H2. The molecule has 2 N–H and O–H groups in total. The summed E-state index contributed by atoms with van der Waals surface area (Å²) in [7, 11) is 0. The van der Waals surface area contributed by atoms with Crippen LogP contribution < -0.4 is 16.0 Å². The minimum absolute atomic E-state index is 0.0156. The first-order chi connectivity index (χ1) is 9.15. The van der Waals surface area contributed by atoms with Crippen molar-refractivity contribution in [2.75, 3.05) is 5.73 Å². The van der Waals surface area contributed by atoms with Gasteiger partial charge in [-0.1, -0.05) is 11.6 Å². The molecule has 0 aliphatic heterocycles. The van der Waals surface area contributed by atoms with Gasteiger partial charge in [0.05, 0.1) is 5.02 Å². The van der Waals surface area contributed by atoms with Crippen LogP contribution in [0.3, 0.4) is 0 Å². The molecule has 0 radical (unpaired) electrons. The highest BCUT2D eigenvalue weighted by molar-refractivity contribution is 6.32. The second kappa shape index (κ2) is 4.59. The van der Waals surface area contributed by atoms with E-state index in [4.69, 9.17) is 22.1 Å². The minimum Gasteiger partial charge on any atom is -0.433 e. The molecule has 0 amide bonds. The van der Waals surface area contributed by atoms with E-state index < -0.39 is 0 Å². The predicted molar refractivity (Wildman–Crippen MR) is 72.7 cm³/mol. The Hall–Kier alpha value is -2.01. The maximum Gasteiger partial charge on any atom is 0.313 e. The number of halogens is 1. The topological polar surface area (TPSA) is 70.1 Å². The number of ether oxygens (including phenoxy) is 1. The van der Waals surface area contributed by atoms with Crippen molar-refractivity contribution in [3.05, 3.63) is 46.0 Å². The summed E-state index contributed by atoms with van der Waals surface area (Å²) in [4.78, 5) is 16.1. The number of rotatable bonds is 3. The molecule has 1 heterocycles. The fourth-order valence-electron chi connectivity index (χ4n) is 1.82. The van der Waals surface area contributed by atoms with Crippen LogP contribution in [-0.2, 0) is 0 Å². The summed E-state index contributed by atoms with van der Waals surface area (Å²) >= 11 is 6.00. The van der Waals surface area contributed by atoms with Gasteiger partial charge in [0.2, 0.25) is 0 Å². The third kappa shape index (κ3) is 2.42. The first kappa shape index (κ1) is 12.0. The van der Waals surface area contributed by atoms with Crippen molar-refractivity contribution >= 4 is 17.3 Å². The molecule has 0 unspecified atom stereocenters. The molecular formula is C13H12ClN3O2. The number of nitrogen functional groups attached to an aromatic ring is 1. The Balaban J connectivity index is 1.97.